The van der Waals surface area contributed by atoms with Gasteiger partial charge in [0, 0.05) is 44.1 Å². The standard InChI is InChI=1S/C27H35N5O2S/c1-2-6-20(7-3-1)17-32-12-15-34-21(18-32)16-28-26-25-22-8-4-5-9-23(22)35-27(25)30-24(29-26)19-31-10-13-33-14-11-31/h1-3,6-7,21H,4-5,8-19H2,(H,28,29,30). The summed E-state index contributed by atoms with van der Waals surface area (Å²) >= 11 is 1.88. The highest BCUT2D eigenvalue weighted by molar-refractivity contribution is 7.19. The van der Waals surface area contributed by atoms with Crippen LogP contribution in [-0.2, 0) is 35.4 Å². The molecule has 3 aromatic rings. The summed E-state index contributed by atoms with van der Waals surface area (Å²) < 4.78 is 11.7. The number of aryl methyl sites for hydroxylation is 2. The van der Waals surface area contributed by atoms with Crippen molar-refractivity contribution in [1.29, 1.82) is 0 Å². The summed E-state index contributed by atoms with van der Waals surface area (Å²) in [6.45, 7) is 8.66. The van der Waals surface area contributed by atoms with Gasteiger partial charge in [-0.1, -0.05) is 30.3 Å². The molecule has 2 fully saturated rings. The Morgan fingerprint density at radius 2 is 1.77 bits per heavy atom. The van der Waals surface area contributed by atoms with Gasteiger partial charge in [0.2, 0.25) is 0 Å². The van der Waals surface area contributed by atoms with Crippen LogP contribution in [0, 0.1) is 0 Å². The van der Waals surface area contributed by atoms with Crippen LogP contribution >= 0.6 is 11.3 Å². The molecule has 0 bridgehead atoms. The van der Waals surface area contributed by atoms with Gasteiger partial charge < -0.3 is 14.8 Å². The first-order chi connectivity index (χ1) is 17.3. The molecule has 2 aliphatic heterocycles. The van der Waals surface area contributed by atoms with Gasteiger partial charge >= 0.3 is 0 Å². The van der Waals surface area contributed by atoms with E-state index in [2.05, 4.69) is 45.4 Å². The Balaban J connectivity index is 1.19. The van der Waals surface area contributed by atoms with E-state index in [-0.39, 0.29) is 6.10 Å². The van der Waals surface area contributed by atoms with Gasteiger partial charge in [-0.05, 0) is 36.8 Å². The third-order valence-corrected chi connectivity index (χ3v) is 8.48. The van der Waals surface area contributed by atoms with Gasteiger partial charge in [0.05, 0.1) is 37.9 Å². The van der Waals surface area contributed by atoms with Crippen molar-refractivity contribution >= 4 is 27.4 Å². The van der Waals surface area contributed by atoms with Gasteiger partial charge in [-0.3, -0.25) is 9.80 Å². The fourth-order valence-corrected chi connectivity index (χ4v) is 6.74. The lowest BCUT2D eigenvalue weighted by Crippen LogP contribution is -2.44. The number of benzene rings is 1. The Bertz CT molecular complexity index is 1130. The van der Waals surface area contributed by atoms with E-state index in [0.29, 0.717) is 0 Å². The monoisotopic (exact) mass is 493 g/mol. The number of hydrogen-bond acceptors (Lipinski definition) is 8. The van der Waals surface area contributed by atoms with Crippen molar-refractivity contribution in [3.63, 3.8) is 0 Å². The van der Waals surface area contributed by atoms with E-state index in [1.807, 2.05) is 11.3 Å². The molecule has 0 spiro atoms. The molecule has 0 saturated carbocycles. The largest absolute Gasteiger partial charge is 0.379 e. The number of fused-ring (bicyclic) bond motifs is 3. The Morgan fingerprint density at radius 1 is 0.943 bits per heavy atom. The second-order valence-corrected chi connectivity index (χ2v) is 10.9. The maximum atomic E-state index is 6.16. The number of hydrogen-bond donors (Lipinski definition) is 1. The van der Waals surface area contributed by atoms with E-state index in [9.17, 15) is 0 Å². The first-order valence-electron chi connectivity index (χ1n) is 13.0. The molecule has 6 rings (SSSR count). The number of thiophene rings is 1. The van der Waals surface area contributed by atoms with E-state index >= 15 is 0 Å². The first kappa shape index (κ1) is 23.3. The molecule has 3 aliphatic rings. The molecule has 0 radical (unpaired) electrons. The van der Waals surface area contributed by atoms with E-state index in [1.165, 1.54) is 40.7 Å². The SMILES string of the molecule is c1ccc(CN2CCOC(CNc3nc(CN4CCOCC4)nc4sc5c(c34)CCCC5)C2)cc1. The van der Waals surface area contributed by atoms with E-state index < -0.39 is 0 Å². The van der Waals surface area contributed by atoms with Crippen molar-refractivity contribution in [2.45, 2.75) is 44.9 Å². The van der Waals surface area contributed by atoms with Gasteiger partial charge in [-0.25, -0.2) is 9.97 Å². The number of nitrogens with one attached hydrogen (secondary N) is 1. The van der Waals surface area contributed by atoms with Crippen LogP contribution in [0.1, 0.15) is 34.7 Å². The molecule has 0 amide bonds. The van der Waals surface area contributed by atoms with Crippen LogP contribution in [0.2, 0.25) is 0 Å². The number of nitrogens with zero attached hydrogens (tertiary/aromatic N) is 4. The molecule has 1 aliphatic carbocycles. The third kappa shape index (κ3) is 5.52. The van der Waals surface area contributed by atoms with Crippen LogP contribution in [0.15, 0.2) is 30.3 Å². The van der Waals surface area contributed by atoms with Crippen LogP contribution in [-0.4, -0.2) is 78.4 Å². The zero-order valence-corrected chi connectivity index (χ0v) is 21.2. The van der Waals surface area contributed by atoms with Crippen LogP contribution in [0.3, 0.4) is 0 Å². The third-order valence-electron chi connectivity index (χ3n) is 7.30. The molecule has 1 unspecified atom stereocenters. The fraction of sp³-hybridized carbons (Fsp3) is 0.556. The maximum absolute atomic E-state index is 6.16. The summed E-state index contributed by atoms with van der Waals surface area (Å²) in [5.74, 6) is 1.91. The topological polar surface area (TPSA) is 62.8 Å². The number of rotatable bonds is 7. The lowest BCUT2D eigenvalue weighted by Gasteiger charge is -2.33. The van der Waals surface area contributed by atoms with Gasteiger partial charge in [0.15, 0.2) is 0 Å². The molecular weight excluding hydrogens is 458 g/mol. The highest BCUT2D eigenvalue weighted by atomic mass is 32.1. The van der Waals surface area contributed by atoms with E-state index in [0.717, 1.165) is 88.5 Å². The molecule has 8 heteroatoms. The minimum absolute atomic E-state index is 0.148. The molecule has 1 atom stereocenters. The summed E-state index contributed by atoms with van der Waals surface area (Å²) in [7, 11) is 0. The number of morpholine rings is 2. The molecule has 7 nitrogen and oxygen atoms in total. The quantitative estimate of drug-likeness (QED) is 0.538. The highest BCUT2D eigenvalue weighted by Crippen LogP contribution is 2.38. The van der Waals surface area contributed by atoms with Crippen LogP contribution in [0.4, 0.5) is 5.82 Å². The fourth-order valence-electron chi connectivity index (χ4n) is 5.46. The zero-order valence-electron chi connectivity index (χ0n) is 20.4. The van der Waals surface area contributed by atoms with Crippen molar-refractivity contribution in [3.8, 4) is 0 Å². The average Bonchev–Trinajstić information content (AvgIpc) is 3.27. The summed E-state index contributed by atoms with van der Waals surface area (Å²) in [6.07, 6.45) is 5.00. The molecule has 4 heterocycles. The Kier molecular flexibility index (Phi) is 7.25. The molecule has 1 aromatic carbocycles. The maximum Gasteiger partial charge on any atom is 0.146 e. The summed E-state index contributed by atoms with van der Waals surface area (Å²) in [5.41, 5.74) is 2.84. The predicted molar refractivity (Wildman–Crippen MR) is 140 cm³/mol. The summed E-state index contributed by atoms with van der Waals surface area (Å²) in [5, 5.41) is 4.97. The van der Waals surface area contributed by atoms with Crippen molar-refractivity contribution in [2.75, 3.05) is 57.9 Å². The number of ether oxygens (including phenoxy) is 2. The lowest BCUT2D eigenvalue weighted by atomic mass is 9.97. The lowest BCUT2D eigenvalue weighted by molar-refractivity contribution is -0.0240. The van der Waals surface area contributed by atoms with Gasteiger partial charge in [-0.15, -0.1) is 11.3 Å². The van der Waals surface area contributed by atoms with E-state index in [1.54, 1.807) is 0 Å². The highest BCUT2D eigenvalue weighted by Gasteiger charge is 2.24. The predicted octanol–water partition coefficient (Wildman–Crippen LogP) is 3.72. The molecule has 35 heavy (non-hydrogen) atoms. The first-order valence-corrected chi connectivity index (χ1v) is 13.9. The number of aromatic nitrogens is 2. The van der Waals surface area contributed by atoms with Crippen LogP contribution in [0.5, 0.6) is 0 Å². The van der Waals surface area contributed by atoms with Crippen LogP contribution < -0.4 is 5.32 Å². The van der Waals surface area contributed by atoms with Crippen molar-refractivity contribution in [1.82, 2.24) is 19.8 Å². The Hall–Kier alpha value is -2.10. The summed E-state index contributed by atoms with van der Waals surface area (Å²) in [6, 6.07) is 10.7. The van der Waals surface area contributed by atoms with Crippen molar-refractivity contribution < 1.29 is 9.47 Å². The minimum Gasteiger partial charge on any atom is -0.379 e. The minimum atomic E-state index is 0.148. The molecule has 186 valence electrons. The smallest absolute Gasteiger partial charge is 0.146 e. The van der Waals surface area contributed by atoms with Gasteiger partial charge in [-0.2, -0.15) is 0 Å². The van der Waals surface area contributed by atoms with Gasteiger partial charge in [0.25, 0.3) is 0 Å². The Labute approximate surface area is 211 Å². The van der Waals surface area contributed by atoms with Crippen molar-refractivity contribution in [2.24, 2.45) is 0 Å². The number of anilines is 1. The van der Waals surface area contributed by atoms with Crippen LogP contribution in [0.25, 0.3) is 10.2 Å². The normalized spacial score (nSPS) is 21.8. The Morgan fingerprint density at radius 3 is 2.66 bits per heavy atom. The zero-order chi connectivity index (χ0) is 23.5. The second kappa shape index (κ2) is 10.9. The molecule has 2 saturated heterocycles. The van der Waals surface area contributed by atoms with Gasteiger partial charge in [0.1, 0.15) is 16.5 Å². The van der Waals surface area contributed by atoms with Crippen molar-refractivity contribution in [3.05, 3.63) is 52.2 Å². The van der Waals surface area contributed by atoms with E-state index in [4.69, 9.17) is 19.4 Å². The molecule has 2 aromatic heterocycles. The second-order valence-electron chi connectivity index (χ2n) is 9.86. The molecule has 1 N–H and O–H groups in total. The average molecular weight is 494 g/mol. The summed E-state index contributed by atoms with van der Waals surface area (Å²) in [4.78, 5) is 17.7. The molecular formula is C27H35N5O2S.